The number of piperazine rings is 1. The summed E-state index contributed by atoms with van der Waals surface area (Å²) in [5.74, 6) is -1.35. The maximum atomic E-state index is 12.1. The molecule has 1 aliphatic heterocycles. The van der Waals surface area contributed by atoms with Gasteiger partial charge in [0.2, 0.25) is 0 Å². The Kier molecular flexibility index (Phi) is 5.15. The van der Waals surface area contributed by atoms with E-state index in [1.807, 2.05) is 4.90 Å². The lowest BCUT2D eigenvalue weighted by atomic mass is 10.1. The monoisotopic (exact) mass is 351 g/mol. The zero-order chi connectivity index (χ0) is 18.8. The van der Waals surface area contributed by atoms with Gasteiger partial charge in [-0.05, 0) is 32.9 Å². The Labute approximate surface area is 144 Å². The highest BCUT2D eigenvalue weighted by atomic mass is 16.6. The van der Waals surface area contributed by atoms with Gasteiger partial charge in [0.15, 0.2) is 0 Å². The zero-order valence-electron chi connectivity index (χ0n) is 14.4. The second kappa shape index (κ2) is 6.96. The maximum Gasteiger partial charge on any atom is 0.410 e. The van der Waals surface area contributed by atoms with Gasteiger partial charge in [-0.25, -0.2) is 9.59 Å². The van der Waals surface area contributed by atoms with E-state index in [-0.39, 0.29) is 11.7 Å². The van der Waals surface area contributed by atoms with Gasteiger partial charge >= 0.3 is 12.1 Å². The van der Waals surface area contributed by atoms with Crippen LogP contribution in [-0.2, 0) is 4.74 Å². The van der Waals surface area contributed by atoms with Crippen molar-refractivity contribution in [2.24, 2.45) is 0 Å². The molecule has 1 aromatic carbocycles. The highest BCUT2D eigenvalue weighted by molar-refractivity contribution is 5.93. The first-order valence-corrected chi connectivity index (χ1v) is 7.83. The van der Waals surface area contributed by atoms with Gasteiger partial charge in [-0.15, -0.1) is 0 Å². The Morgan fingerprint density at radius 1 is 1.20 bits per heavy atom. The minimum Gasteiger partial charge on any atom is -0.477 e. The number of nitro groups is 1. The van der Waals surface area contributed by atoms with Gasteiger partial charge < -0.3 is 19.6 Å². The minimum atomic E-state index is -1.35. The molecule has 0 aliphatic carbocycles. The number of anilines is 1. The molecule has 9 heteroatoms. The number of carbonyl (C=O) groups is 2. The van der Waals surface area contributed by atoms with Crippen molar-refractivity contribution in [2.75, 3.05) is 31.1 Å². The molecule has 0 unspecified atom stereocenters. The lowest BCUT2D eigenvalue weighted by molar-refractivity contribution is -0.385. The van der Waals surface area contributed by atoms with Crippen LogP contribution in [0.2, 0.25) is 0 Å². The number of carboxylic acids is 1. The molecule has 1 fully saturated rings. The molecule has 0 radical (unpaired) electrons. The van der Waals surface area contributed by atoms with Crippen molar-refractivity contribution in [1.82, 2.24) is 4.90 Å². The number of nitrogens with zero attached hydrogens (tertiary/aromatic N) is 3. The van der Waals surface area contributed by atoms with Crippen molar-refractivity contribution < 1.29 is 24.4 Å². The van der Waals surface area contributed by atoms with E-state index < -0.39 is 22.2 Å². The largest absolute Gasteiger partial charge is 0.477 e. The molecule has 1 aliphatic rings. The van der Waals surface area contributed by atoms with Gasteiger partial charge in [-0.2, -0.15) is 0 Å². The number of aromatic carboxylic acids is 1. The van der Waals surface area contributed by atoms with Crippen LogP contribution in [0, 0.1) is 10.1 Å². The fraction of sp³-hybridized carbons (Fsp3) is 0.500. The maximum absolute atomic E-state index is 12.1. The minimum absolute atomic E-state index is 0.350. The number of carbonyl (C=O) groups excluding carboxylic acids is 1. The quantitative estimate of drug-likeness (QED) is 0.657. The molecule has 136 valence electrons. The summed E-state index contributed by atoms with van der Waals surface area (Å²) in [6, 6.07) is 4.01. The standard InChI is InChI=1S/C16H21N3O6/c1-16(2,3)25-15(22)18-8-6-17(7-9-18)11-4-5-13(19(23)24)12(10-11)14(20)21/h4-5,10H,6-9H2,1-3H3,(H,20,21). The number of ether oxygens (including phenoxy) is 1. The van der Waals surface area contributed by atoms with Gasteiger partial charge in [0.25, 0.3) is 5.69 Å². The first-order valence-electron chi connectivity index (χ1n) is 7.83. The van der Waals surface area contributed by atoms with E-state index in [0.29, 0.717) is 31.9 Å². The van der Waals surface area contributed by atoms with Crippen LogP contribution in [0.3, 0.4) is 0 Å². The number of amides is 1. The molecule has 0 atom stereocenters. The number of hydrogen-bond acceptors (Lipinski definition) is 6. The van der Waals surface area contributed by atoms with Crippen LogP contribution < -0.4 is 4.90 Å². The van der Waals surface area contributed by atoms with Crippen LogP contribution in [0.4, 0.5) is 16.2 Å². The molecule has 25 heavy (non-hydrogen) atoms. The molecule has 1 saturated heterocycles. The summed E-state index contributed by atoms with van der Waals surface area (Å²) in [4.78, 5) is 37.0. The Morgan fingerprint density at radius 3 is 2.28 bits per heavy atom. The topological polar surface area (TPSA) is 113 Å². The normalized spacial score (nSPS) is 15.0. The third kappa shape index (κ3) is 4.59. The van der Waals surface area contributed by atoms with Crippen LogP contribution in [0.25, 0.3) is 0 Å². The van der Waals surface area contributed by atoms with Gasteiger partial charge in [0.05, 0.1) is 4.92 Å². The summed E-state index contributed by atoms with van der Waals surface area (Å²) in [5, 5.41) is 20.1. The second-order valence-electron chi connectivity index (χ2n) is 6.72. The van der Waals surface area contributed by atoms with Crippen LogP contribution in [0.15, 0.2) is 18.2 Å². The molecule has 0 saturated carbocycles. The summed E-state index contributed by atoms with van der Waals surface area (Å²) in [6.07, 6.45) is -0.387. The summed E-state index contributed by atoms with van der Waals surface area (Å²) in [6.45, 7) is 7.21. The highest BCUT2D eigenvalue weighted by Crippen LogP contribution is 2.26. The lowest BCUT2D eigenvalue weighted by Crippen LogP contribution is -2.50. The summed E-state index contributed by atoms with van der Waals surface area (Å²) < 4.78 is 5.33. The fourth-order valence-electron chi connectivity index (χ4n) is 2.52. The third-order valence-corrected chi connectivity index (χ3v) is 3.70. The first-order chi connectivity index (χ1) is 11.6. The molecular formula is C16H21N3O6. The first kappa shape index (κ1) is 18.5. The van der Waals surface area contributed by atoms with Crippen molar-refractivity contribution in [3.8, 4) is 0 Å². The molecule has 0 bridgehead atoms. The van der Waals surface area contributed by atoms with Gasteiger partial charge in [0.1, 0.15) is 11.2 Å². The van der Waals surface area contributed by atoms with Crippen molar-refractivity contribution in [1.29, 1.82) is 0 Å². The van der Waals surface area contributed by atoms with Gasteiger partial charge in [-0.3, -0.25) is 10.1 Å². The molecule has 1 amide bonds. The summed E-state index contributed by atoms with van der Waals surface area (Å²) >= 11 is 0. The average molecular weight is 351 g/mol. The van der Waals surface area contributed by atoms with Gasteiger partial charge in [0, 0.05) is 37.9 Å². The molecule has 1 heterocycles. The van der Waals surface area contributed by atoms with E-state index in [2.05, 4.69) is 0 Å². The third-order valence-electron chi connectivity index (χ3n) is 3.70. The summed E-state index contributed by atoms with van der Waals surface area (Å²) in [5.41, 5.74) is -0.782. The van der Waals surface area contributed by atoms with Crippen molar-refractivity contribution >= 4 is 23.4 Å². The predicted molar refractivity (Wildman–Crippen MR) is 90.1 cm³/mol. The van der Waals surface area contributed by atoms with Gasteiger partial charge in [-0.1, -0.05) is 0 Å². The Morgan fingerprint density at radius 2 is 1.80 bits per heavy atom. The number of benzene rings is 1. The highest BCUT2D eigenvalue weighted by Gasteiger charge is 2.27. The average Bonchev–Trinajstić information content (AvgIpc) is 2.52. The second-order valence-corrected chi connectivity index (χ2v) is 6.72. The molecule has 0 spiro atoms. The molecule has 9 nitrogen and oxygen atoms in total. The van der Waals surface area contributed by atoms with Crippen molar-refractivity contribution in [3.63, 3.8) is 0 Å². The van der Waals surface area contributed by atoms with E-state index >= 15 is 0 Å². The lowest BCUT2D eigenvalue weighted by Gasteiger charge is -2.36. The van der Waals surface area contributed by atoms with Crippen LogP contribution in [0.1, 0.15) is 31.1 Å². The van der Waals surface area contributed by atoms with E-state index in [4.69, 9.17) is 9.84 Å². The number of nitro benzene ring substituents is 1. The van der Waals surface area contributed by atoms with Crippen LogP contribution in [-0.4, -0.2) is 58.8 Å². The van der Waals surface area contributed by atoms with E-state index in [0.717, 1.165) is 0 Å². The number of hydrogen-bond donors (Lipinski definition) is 1. The van der Waals surface area contributed by atoms with Crippen molar-refractivity contribution in [2.45, 2.75) is 26.4 Å². The fourth-order valence-corrected chi connectivity index (χ4v) is 2.52. The van der Waals surface area contributed by atoms with E-state index in [1.165, 1.54) is 18.2 Å². The molecule has 2 rings (SSSR count). The SMILES string of the molecule is CC(C)(C)OC(=O)N1CCN(c2ccc([N+](=O)[O-])c(C(=O)O)c2)CC1. The Bertz CT molecular complexity index is 690. The zero-order valence-corrected chi connectivity index (χ0v) is 14.4. The molecule has 1 N–H and O–H groups in total. The number of rotatable bonds is 3. The van der Waals surface area contributed by atoms with E-state index in [1.54, 1.807) is 25.7 Å². The smallest absolute Gasteiger partial charge is 0.410 e. The van der Waals surface area contributed by atoms with Crippen LogP contribution in [0.5, 0.6) is 0 Å². The Hall–Kier alpha value is -2.84. The predicted octanol–water partition coefficient (Wildman–Crippen LogP) is 2.35. The number of carboxylic acid groups (broad SMARTS) is 1. The van der Waals surface area contributed by atoms with Crippen molar-refractivity contribution in [3.05, 3.63) is 33.9 Å². The Balaban J connectivity index is 2.08. The molecule has 1 aromatic rings. The molecular weight excluding hydrogens is 330 g/mol. The van der Waals surface area contributed by atoms with E-state index in [9.17, 15) is 19.7 Å². The molecule has 0 aromatic heterocycles. The summed E-state index contributed by atoms with van der Waals surface area (Å²) in [7, 11) is 0. The van der Waals surface area contributed by atoms with Crippen LogP contribution >= 0.6 is 0 Å².